The maximum Gasteiger partial charge on any atom is 0.270 e. The van der Waals surface area contributed by atoms with Gasteiger partial charge in [0, 0.05) is 34.8 Å². The van der Waals surface area contributed by atoms with Crippen LogP contribution in [-0.2, 0) is 6.54 Å². The maximum absolute atomic E-state index is 12.6. The number of aromatic nitrogens is 3. The molecule has 6 nitrogen and oxygen atoms in total. The van der Waals surface area contributed by atoms with Crippen LogP contribution in [0, 0.1) is 6.92 Å². The van der Waals surface area contributed by atoms with Gasteiger partial charge in [0.25, 0.3) is 5.91 Å². The maximum atomic E-state index is 12.6. The zero-order valence-electron chi connectivity index (χ0n) is 15.0. The standard InChI is InChI=1S/C20H18N4O2S/c1-13-9-17(20(25)21-11-14-5-3-4-6-18(14)26-2)22-19-10-16(23-24(13)19)15-7-8-27-12-15/h3-10,12H,11H2,1-2H3,(H,21,25). The lowest BCUT2D eigenvalue weighted by atomic mass is 10.2. The first-order valence-electron chi connectivity index (χ1n) is 8.46. The van der Waals surface area contributed by atoms with Crippen molar-refractivity contribution in [3.8, 4) is 17.0 Å². The highest BCUT2D eigenvalue weighted by atomic mass is 32.1. The molecule has 1 N–H and O–H groups in total. The second kappa shape index (κ2) is 7.20. The summed E-state index contributed by atoms with van der Waals surface area (Å²) in [6, 6.07) is 13.3. The zero-order valence-corrected chi connectivity index (χ0v) is 15.8. The molecular formula is C20H18N4O2S. The van der Waals surface area contributed by atoms with Crippen LogP contribution in [0.5, 0.6) is 5.75 Å². The number of aryl methyl sites for hydroxylation is 1. The van der Waals surface area contributed by atoms with Crippen LogP contribution < -0.4 is 10.1 Å². The van der Waals surface area contributed by atoms with E-state index in [0.29, 0.717) is 17.9 Å². The van der Waals surface area contributed by atoms with Crippen LogP contribution in [0.4, 0.5) is 0 Å². The summed E-state index contributed by atoms with van der Waals surface area (Å²) in [5, 5.41) is 11.5. The number of hydrogen-bond donors (Lipinski definition) is 1. The molecule has 27 heavy (non-hydrogen) atoms. The number of methoxy groups -OCH3 is 1. The van der Waals surface area contributed by atoms with E-state index in [2.05, 4.69) is 15.4 Å². The molecule has 0 saturated carbocycles. The van der Waals surface area contributed by atoms with Crippen LogP contribution in [0.15, 0.2) is 53.2 Å². The molecule has 0 saturated heterocycles. The Kier molecular flexibility index (Phi) is 4.60. The summed E-state index contributed by atoms with van der Waals surface area (Å²) < 4.78 is 7.07. The first kappa shape index (κ1) is 17.2. The Morgan fingerprint density at radius 1 is 1.26 bits per heavy atom. The second-order valence-electron chi connectivity index (χ2n) is 6.09. The first-order valence-corrected chi connectivity index (χ1v) is 9.40. The lowest BCUT2D eigenvalue weighted by Gasteiger charge is -2.10. The summed E-state index contributed by atoms with van der Waals surface area (Å²) in [5.41, 5.74) is 4.68. The Morgan fingerprint density at radius 2 is 2.11 bits per heavy atom. The summed E-state index contributed by atoms with van der Waals surface area (Å²) in [7, 11) is 1.62. The smallest absolute Gasteiger partial charge is 0.270 e. The van der Waals surface area contributed by atoms with Gasteiger partial charge in [-0.05, 0) is 30.5 Å². The monoisotopic (exact) mass is 378 g/mol. The minimum Gasteiger partial charge on any atom is -0.496 e. The Balaban J connectivity index is 1.58. The molecule has 0 radical (unpaired) electrons. The number of nitrogens with one attached hydrogen (secondary N) is 1. The highest BCUT2D eigenvalue weighted by Crippen LogP contribution is 2.22. The van der Waals surface area contributed by atoms with Gasteiger partial charge in [0.15, 0.2) is 5.65 Å². The molecule has 0 fully saturated rings. The van der Waals surface area contributed by atoms with Crippen LogP contribution in [-0.4, -0.2) is 27.6 Å². The van der Waals surface area contributed by atoms with Crippen LogP contribution in [0.25, 0.3) is 16.9 Å². The number of para-hydroxylation sites is 1. The molecule has 0 unspecified atom stereocenters. The molecule has 7 heteroatoms. The number of benzene rings is 1. The number of amides is 1. The van der Waals surface area contributed by atoms with Crippen LogP contribution in [0.1, 0.15) is 21.7 Å². The summed E-state index contributed by atoms with van der Waals surface area (Å²) in [4.78, 5) is 17.1. The van der Waals surface area contributed by atoms with Crippen molar-refractivity contribution < 1.29 is 9.53 Å². The Labute approximate surface area is 160 Å². The van der Waals surface area contributed by atoms with Gasteiger partial charge >= 0.3 is 0 Å². The van der Waals surface area contributed by atoms with Gasteiger partial charge in [-0.3, -0.25) is 4.79 Å². The SMILES string of the molecule is COc1ccccc1CNC(=O)c1cc(C)n2nc(-c3ccsc3)cc2n1. The van der Waals surface area contributed by atoms with E-state index in [0.717, 1.165) is 28.3 Å². The third-order valence-electron chi connectivity index (χ3n) is 4.29. The van der Waals surface area contributed by atoms with E-state index >= 15 is 0 Å². The summed E-state index contributed by atoms with van der Waals surface area (Å²) in [6.45, 7) is 2.28. The fourth-order valence-corrected chi connectivity index (χ4v) is 3.56. The number of hydrogen-bond acceptors (Lipinski definition) is 5. The van der Waals surface area contributed by atoms with Gasteiger partial charge in [-0.15, -0.1) is 0 Å². The van der Waals surface area contributed by atoms with Crippen molar-refractivity contribution in [2.24, 2.45) is 0 Å². The molecule has 4 aromatic rings. The Morgan fingerprint density at radius 3 is 2.89 bits per heavy atom. The predicted molar refractivity (Wildman–Crippen MR) is 105 cm³/mol. The van der Waals surface area contributed by atoms with Crippen LogP contribution in [0.2, 0.25) is 0 Å². The van der Waals surface area contributed by atoms with Gasteiger partial charge in [-0.2, -0.15) is 16.4 Å². The lowest BCUT2D eigenvalue weighted by molar-refractivity contribution is 0.0945. The van der Waals surface area contributed by atoms with Crippen molar-refractivity contribution in [3.63, 3.8) is 0 Å². The molecule has 0 aliphatic rings. The van der Waals surface area contributed by atoms with E-state index in [-0.39, 0.29) is 5.91 Å². The molecular weight excluding hydrogens is 360 g/mol. The normalized spacial score (nSPS) is 10.9. The molecule has 0 atom stereocenters. The third kappa shape index (κ3) is 3.41. The largest absolute Gasteiger partial charge is 0.496 e. The van der Waals surface area contributed by atoms with Gasteiger partial charge in [0.2, 0.25) is 0 Å². The van der Waals surface area contributed by atoms with Crippen molar-refractivity contribution in [1.82, 2.24) is 19.9 Å². The first-order chi connectivity index (χ1) is 13.2. The molecule has 4 rings (SSSR count). The van der Waals surface area contributed by atoms with Gasteiger partial charge in [0.1, 0.15) is 11.4 Å². The van der Waals surface area contributed by atoms with E-state index < -0.39 is 0 Å². The van der Waals surface area contributed by atoms with Crippen molar-refractivity contribution in [2.45, 2.75) is 13.5 Å². The average molecular weight is 378 g/mol. The summed E-state index contributed by atoms with van der Waals surface area (Å²) in [6.07, 6.45) is 0. The number of rotatable bonds is 5. The van der Waals surface area contributed by atoms with Crippen molar-refractivity contribution in [2.75, 3.05) is 7.11 Å². The summed E-state index contributed by atoms with van der Waals surface area (Å²) >= 11 is 1.62. The molecule has 0 spiro atoms. The van der Waals surface area contributed by atoms with E-state index in [4.69, 9.17) is 4.74 Å². The number of fused-ring (bicyclic) bond motifs is 1. The zero-order chi connectivity index (χ0) is 18.8. The fraction of sp³-hybridized carbons (Fsp3) is 0.150. The Hall–Kier alpha value is -3.19. The molecule has 136 valence electrons. The quantitative estimate of drug-likeness (QED) is 0.575. The van der Waals surface area contributed by atoms with Crippen molar-refractivity contribution in [3.05, 3.63) is 70.2 Å². The van der Waals surface area contributed by atoms with Crippen molar-refractivity contribution >= 4 is 22.9 Å². The minimum atomic E-state index is -0.232. The highest BCUT2D eigenvalue weighted by molar-refractivity contribution is 7.08. The molecule has 0 aliphatic carbocycles. The van der Waals surface area contributed by atoms with Gasteiger partial charge < -0.3 is 10.1 Å². The summed E-state index contributed by atoms with van der Waals surface area (Å²) in [5.74, 6) is 0.512. The average Bonchev–Trinajstić information content (AvgIpc) is 3.35. The van der Waals surface area contributed by atoms with Gasteiger partial charge in [-0.1, -0.05) is 18.2 Å². The molecule has 1 aromatic carbocycles. The fourth-order valence-electron chi connectivity index (χ4n) is 2.91. The van der Waals surface area contributed by atoms with Crippen LogP contribution >= 0.6 is 11.3 Å². The van der Waals surface area contributed by atoms with Gasteiger partial charge in [0.05, 0.1) is 12.8 Å². The minimum absolute atomic E-state index is 0.232. The van der Waals surface area contributed by atoms with Crippen LogP contribution in [0.3, 0.4) is 0 Å². The lowest BCUT2D eigenvalue weighted by Crippen LogP contribution is -2.24. The number of thiophene rings is 1. The van der Waals surface area contributed by atoms with E-state index in [1.165, 1.54) is 0 Å². The molecule has 1 amide bonds. The molecule has 3 aromatic heterocycles. The number of carbonyl (C=O) groups is 1. The number of ether oxygens (including phenoxy) is 1. The van der Waals surface area contributed by atoms with E-state index in [1.54, 1.807) is 29.0 Å². The third-order valence-corrected chi connectivity index (χ3v) is 4.97. The molecule has 0 aliphatic heterocycles. The predicted octanol–water partition coefficient (Wildman–Crippen LogP) is 3.70. The Bertz CT molecular complexity index is 1100. The number of carbonyl (C=O) groups excluding carboxylic acids is 1. The van der Waals surface area contributed by atoms with Crippen molar-refractivity contribution in [1.29, 1.82) is 0 Å². The number of nitrogens with zero attached hydrogens (tertiary/aromatic N) is 3. The van der Waals surface area contributed by atoms with E-state index in [1.807, 2.05) is 54.1 Å². The molecule has 3 heterocycles. The molecule has 0 bridgehead atoms. The van der Waals surface area contributed by atoms with Gasteiger partial charge in [-0.25, -0.2) is 9.50 Å². The highest BCUT2D eigenvalue weighted by Gasteiger charge is 2.14. The van der Waals surface area contributed by atoms with E-state index in [9.17, 15) is 4.79 Å². The topological polar surface area (TPSA) is 68.5 Å². The second-order valence-corrected chi connectivity index (χ2v) is 6.87.